The van der Waals surface area contributed by atoms with Gasteiger partial charge in [0, 0.05) is 23.9 Å². The van der Waals surface area contributed by atoms with Crippen molar-refractivity contribution in [2.75, 3.05) is 33.1 Å². The molecule has 1 aromatic rings. The highest BCUT2D eigenvalue weighted by molar-refractivity contribution is 7.13. The molecule has 6 heteroatoms. The number of anilines is 1. The van der Waals surface area contributed by atoms with Gasteiger partial charge in [-0.15, -0.1) is 11.3 Å². The smallest absolute Gasteiger partial charge is 0.305 e. The third-order valence-corrected chi connectivity index (χ3v) is 5.27. The highest BCUT2D eigenvalue weighted by Crippen LogP contribution is 2.34. The molecule has 1 heterocycles. The molecule has 0 saturated heterocycles. The highest BCUT2D eigenvalue weighted by atomic mass is 32.1. The zero-order chi connectivity index (χ0) is 15.3. The van der Waals surface area contributed by atoms with Crippen molar-refractivity contribution in [3.8, 4) is 0 Å². The van der Waals surface area contributed by atoms with E-state index < -0.39 is 0 Å². The van der Waals surface area contributed by atoms with Gasteiger partial charge < -0.3 is 15.0 Å². The minimum atomic E-state index is -0.185. The fraction of sp³-hybridized carbons (Fsp3) is 0.733. The number of nitrogens with one attached hydrogen (secondary N) is 1. The van der Waals surface area contributed by atoms with Crippen molar-refractivity contribution in [1.29, 1.82) is 0 Å². The lowest BCUT2D eigenvalue weighted by atomic mass is 9.96. The lowest BCUT2D eigenvalue weighted by molar-refractivity contribution is -0.140. The Morgan fingerprint density at radius 2 is 2.19 bits per heavy atom. The molecular formula is C15H25N3O2S. The molecule has 0 radical (unpaired) electrons. The fourth-order valence-electron chi connectivity index (χ4n) is 2.89. The molecule has 1 aliphatic rings. The van der Waals surface area contributed by atoms with E-state index in [1.54, 1.807) is 11.3 Å². The van der Waals surface area contributed by atoms with Crippen LogP contribution < -0.4 is 5.32 Å². The molecule has 5 nitrogen and oxygen atoms in total. The second-order valence-electron chi connectivity index (χ2n) is 5.90. The molecule has 0 amide bonds. The molecule has 0 aromatic carbocycles. The van der Waals surface area contributed by atoms with Crippen molar-refractivity contribution in [2.45, 2.75) is 44.1 Å². The first-order valence-corrected chi connectivity index (χ1v) is 8.36. The summed E-state index contributed by atoms with van der Waals surface area (Å²) in [6.45, 7) is 0.934. The van der Waals surface area contributed by atoms with Crippen LogP contribution in [0, 0.1) is 0 Å². The second-order valence-corrected chi connectivity index (χ2v) is 6.76. The number of aromatic nitrogens is 1. The van der Waals surface area contributed by atoms with Gasteiger partial charge in [-0.1, -0.05) is 12.8 Å². The van der Waals surface area contributed by atoms with E-state index in [4.69, 9.17) is 0 Å². The van der Waals surface area contributed by atoms with Gasteiger partial charge in [0.2, 0.25) is 0 Å². The lowest BCUT2D eigenvalue weighted by Crippen LogP contribution is -2.47. The van der Waals surface area contributed by atoms with Gasteiger partial charge in [0.1, 0.15) is 0 Å². The van der Waals surface area contributed by atoms with Crippen LogP contribution >= 0.6 is 11.3 Å². The van der Waals surface area contributed by atoms with Crippen molar-refractivity contribution in [3.05, 3.63) is 11.1 Å². The fourth-order valence-corrected chi connectivity index (χ4v) is 3.63. The second kappa shape index (κ2) is 7.22. The number of thiazole rings is 1. The molecule has 2 rings (SSSR count). The number of carbonyl (C=O) groups is 1. The molecule has 0 spiro atoms. The summed E-state index contributed by atoms with van der Waals surface area (Å²) in [5.74, 6) is -0.185. The van der Waals surface area contributed by atoms with Gasteiger partial charge in [-0.25, -0.2) is 4.98 Å². The van der Waals surface area contributed by atoms with Gasteiger partial charge in [0.25, 0.3) is 0 Å². The number of hydrogen-bond acceptors (Lipinski definition) is 6. The lowest BCUT2D eigenvalue weighted by Gasteiger charge is -2.36. The van der Waals surface area contributed by atoms with E-state index in [1.807, 2.05) is 5.38 Å². The first-order chi connectivity index (χ1) is 10.1. The molecular weight excluding hydrogens is 286 g/mol. The predicted molar refractivity (Wildman–Crippen MR) is 85.8 cm³/mol. The van der Waals surface area contributed by atoms with Crippen molar-refractivity contribution >= 4 is 22.4 Å². The van der Waals surface area contributed by atoms with Crippen LogP contribution in [-0.2, 0) is 16.0 Å². The summed E-state index contributed by atoms with van der Waals surface area (Å²) in [4.78, 5) is 18.0. The normalized spacial score (nSPS) is 17.1. The van der Waals surface area contributed by atoms with Crippen LogP contribution in [0.5, 0.6) is 0 Å². The zero-order valence-electron chi connectivity index (χ0n) is 13.1. The molecule has 118 valence electrons. The molecule has 1 aromatic heterocycles. The molecule has 1 aliphatic carbocycles. The molecule has 1 N–H and O–H groups in total. The van der Waals surface area contributed by atoms with E-state index in [-0.39, 0.29) is 11.5 Å². The van der Waals surface area contributed by atoms with Crippen molar-refractivity contribution in [3.63, 3.8) is 0 Å². The Bertz CT molecular complexity index is 467. The number of carbonyl (C=O) groups excluding carboxylic acids is 1. The molecule has 0 unspecified atom stereocenters. The molecule has 0 atom stereocenters. The number of esters is 1. The molecule has 1 fully saturated rings. The standard InChI is InChI=1S/C15H25N3O2S/c1-18(2)15(8-4-5-9-15)11-16-14-17-12(10-21-14)6-7-13(19)20-3/h10H,4-9,11H2,1-3H3,(H,16,17). The average Bonchev–Trinajstić information content (AvgIpc) is 3.12. The van der Waals surface area contributed by atoms with Crippen LogP contribution in [0.2, 0.25) is 0 Å². The number of likely N-dealkylation sites (N-methyl/N-ethyl adjacent to an activating group) is 1. The molecule has 1 saturated carbocycles. The molecule has 21 heavy (non-hydrogen) atoms. The third-order valence-electron chi connectivity index (χ3n) is 4.42. The monoisotopic (exact) mass is 311 g/mol. The quantitative estimate of drug-likeness (QED) is 0.784. The van der Waals surface area contributed by atoms with Gasteiger partial charge >= 0.3 is 5.97 Å². The summed E-state index contributed by atoms with van der Waals surface area (Å²) < 4.78 is 4.65. The maximum atomic E-state index is 11.1. The van der Waals surface area contributed by atoms with Crippen LogP contribution in [0.15, 0.2) is 5.38 Å². The Hall–Kier alpha value is -1.14. The first kappa shape index (κ1) is 16.2. The van der Waals surface area contributed by atoms with Gasteiger partial charge in [0.05, 0.1) is 19.2 Å². The summed E-state index contributed by atoms with van der Waals surface area (Å²) in [6.07, 6.45) is 6.14. The first-order valence-electron chi connectivity index (χ1n) is 7.48. The van der Waals surface area contributed by atoms with Crippen molar-refractivity contribution in [1.82, 2.24) is 9.88 Å². The Morgan fingerprint density at radius 3 is 2.81 bits per heavy atom. The van der Waals surface area contributed by atoms with Crippen molar-refractivity contribution < 1.29 is 9.53 Å². The Kier molecular flexibility index (Phi) is 5.58. The third kappa shape index (κ3) is 4.17. The van der Waals surface area contributed by atoms with E-state index in [0.717, 1.165) is 17.4 Å². The van der Waals surface area contributed by atoms with Crippen LogP contribution in [-0.4, -0.2) is 49.1 Å². The minimum absolute atomic E-state index is 0.185. The Morgan fingerprint density at radius 1 is 1.48 bits per heavy atom. The van der Waals surface area contributed by atoms with E-state index in [9.17, 15) is 4.79 Å². The van der Waals surface area contributed by atoms with Crippen LogP contribution in [0.4, 0.5) is 5.13 Å². The van der Waals surface area contributed by atoms with Gasteiger partial charge in [0.15, 0.2) is 5.13 Å². The maximum absolute atomic E-state index is 11.1. The number of methoxy groups -OCH3 is 1. The van der Waals surface area contributed by atoms with E-state index >= 15 is 0 Å². The van der Waals surface area contributed by atoms with E-state index in [2.05, 4.69) is 34.0 Å². The van der Waals surface area contributed by atoms with E-state index in [0.29, 0.717) is 12.8 Å². The van der Waals surface area contributed by atoms with E-state index in [1.165, 1.54) is 32.8 Å². The summed E-state index contributed by atoms with van der Waals surface area (Å²) >= 11 is 1.61. The largest absolute Gasteiger partial charge is 0.469 e. The van der Waals surface area contributed by atoms with Crippen molar-refractivity contribution in [2.24, 2.45) is 0 Å². The van der Waals surface area contributed by atoms with Gasteiger partial charge in [-0.2, -0.15) is 0 Å². The number of ether oxygens (including phenoxy) is 1. The molecule has 0 aliphatic heterocycles. The number of aryl methyl sites for hydroxylation is 1. The number of nitrogens with zero attached hydrogens (tertiary/aromatic N) is 2. The molecule has 0 bridgehead atoms. The average molecular weight is 311 g/mol. The van der Waals surface area contributed by atoms with Gasteiger partial charge in [-0.05, 0) is 26.9 Å². The van der Waals surface area contributed by atoms with Crippen LogP contribution in [0.25, 0.3) is 0 Å². The zero-order valence-corrected chi connectivity index (χ0v) is 14.0. The SMILES string of the molecule is COC(=O)CCc1csc(NCC2(N(C)C)CCCC2)n1. The topological polar surface area (TPSA) is 54.5 Å². The predicted octanol–water partition coefficient (Wildman–Crippen LogP) is 2.54. The maximum Gasteiger partial charge on any atom is 0.305 e. The highest BCUT2D eigenvalue weighted by Gasteiger charge is 2.35. The minimum Gasteiger partial charge on any atom is -0.469 e. The number of rotatable bonds is 7. The summed E-state index contributed by atoms with van der Waals surface area (Å²) in [5, 5.41) is 6.44. The van der Waals surface area contributed by atoms with Crippen LogP contribution in [0.1, 0.15) is 37.8 Å². The van der Waals surface area contributed by atoms with Gasteiger partial charge in [-0.3, -0.25) is 4.79 Å². The Labute approximate surface area is 130 Å². The summed E-state index contributed by atoms with van der Waals surface area (Å²) in [6, 6.07) is 0. The van der Waals surface area contributed by atoms with Crippen LogP contribution in [0.3, 0.4) is 0 Å². The summed E-state index contributed by atoms with van der Waals surface area (Å²) in [5.41, 5.74) is 1.22. The Balaban J connectivity index is 1.86. The number of hydrogen-bond donors (Lipinski definition) is 1. The summed E-state index contributed by atoms with van der Waals surface area (Å²) in [7, 11) is 5.74.